The number of rotatable bonds is 12. The first kappa shape index (κ1) is 32.6. The second-order valence-corrected chi connectivity index (χ2v) is 11.1. The van der Waals surface area contributed by atoms with Crippen molar-refractivity contribution in [3.05, 3.63) is 46.7 Å². The SMILES string of the molecule is C=CCCOC(=O)NCc1cc(N(C)C)c2c(c1O)C(=O)C1=C(O)[C@](O)(C(=O)CC(N)=O)[C@H]([C@@H](CO)N(C)C)C[C@@H]1C2. The van der Waals surface area contributed by atoms with Crippen LogP contribution in [0.2, 0.25) is 0 Å². The number of benzene rings is 1. The number of nitrogens with zero attached hydrogens (tertiary/aromatic N) is 2. The van der Waals surface area contributed by atoms with Gasteiger partial charge in [-0.3, -0.25) is 14.4 Å². The number of alkyl carbamates (subject to hydrolysis) is 1. The molecule has 2 aliphatic rings. The van der Waals surface area contributed by atoms with Crippen LogP contribution >= 0.6 is 0 Å². The summed E-state index contributed by atoms with van der Waals surface area (Å²) < 4.78 is 5.03. The van der Waals surface area contributed by atoms with Gasteiger partial charge in [-0.05, 0) is 50.9 Å². The number of nitrogens with two attached hydrogens (primary N) is 1. The van der Waals surface area contributed by atoms with Crippen LogP contribution in [0.5, 0.6) is 5.75 Å². The fraction of sp³-hybridized carbons (Fsp3) is 0.517. The number of aliphatic hydroxyl groups excluding tert-OH is 2. The highest BCUT2D eigenvalue weighted by Crippen LogP contribution is 2.51. The summed E-state index contributed by atoms with van der Waals surface area (Å²) in [4.78, 5) is 54.4. The Morgan fingerprint density at radius 2 is 1.93 bits per heavy atom. The Hall–Kier alpha value is -3.94. The summed E-state index contributed by atoms with van der Waals surface area (Å²) in [6.45, 7) is 3.00. The highest BCUT2D eigenvalue weighted by atomic mass is 16.5. The van der Waals surface area contributed by atoms with Crippen molar-refractivity contribution in [3.8, 4) is 5.75 Å². The number of amides is 2. The summed E-state index contributed by atoms with van der Waals surface area (Å²) in [6, 6.07) is 0.817. The summed E-state index contributed by atoms with van der Waals surface area (Å²) in [7, 11) is 6.76. The Kier molecular flexibility index (Phi) is 10.0. The quantitative estimate of drug-likeness (QED) is 0.113. The molecule has 0 unspecified atom stereocenters. The first-order valence-electron chi connectivity index (χ1n) is 13.6. The first-order chi connectivity index (χ1) is 19.7. The molecule has 1 aromatic carbocycles. The molecule has 0 aromatic heterocycles. The van der Waals surface area contributed by atoms with Gasteiger partial charge in [0, 0.05) is 49.4 Å². The van der Waals surface area contributed by atoms with E-state index in [1.165, 1.54) is 0 Å². The molecule has 3 rings (SSSR count). The van der Waals surface area contributed by atoms with Crippen LogP contribution in [0.4, 0.5) is 10.5 Å². The van der Waals surface area contributed by atoms with E-state index in [1.54, 1.807) is 50.1 Å². The highest BCUT2D eigenvalue weighted by Gasteiger charge is 2.58. The minimum atomic E-state index is -2.69. The van der Waals surface area contributed by atoms with Gasteiger partial charge in [0.25, 0.3) is 0 Å². The van der Waals surface area contributed by atoms with Gasteiger partial charge in [0.05, 0.1) is 25.2 Å². The van der Waals surface area contributed by atoms with Crippen molar-refractivity contribution in [2.75, 3.05) is 46.3 Å². The molecule has 0 aliphatic heterocycles. The van der Waals surface area contributed by atoms with Crippen LogP contribution in [0.15, 0.2) is 30.1 Å². The summed E-state index contributed by atoms with van der Waals surface area (Å²) in [6.07, 6.45) is 0.570. The van der Waals surface area contributed by atoms with Crippen molar-refractivity contribution in [1.29, 1.82) is 0 Å². The second kappa shape index (κ2) is 12.9. The van der Waals surface area contributed by atoms with Crippen LogP contribution in [0.1, 0.15) is 40.7 Å². The molecule has 0 heterocycles. The molecule has 0 saturated carbocycles. The zero-order valence-corrected chi connectivity index (χ0v) is 24.3. The maximum absolute atomic E-state index is 14.0. The molecule has 230 valence electrons. The van der Waals surface area contributed by atoms with Gasteiger partial charge in [-0.1, -0.05) is 6.08 Å². The number of likely N-dealkylation sites (N-methyl/N-ethyl adjacent to an activating group) is 1. The number of hydrogen-bond donors (Lipinski definition) is 6. The molecule has 4 atom stereocenters. The molecule has 0 spiro atoms. The monoisotopic (exact) mass is 588 g/mol. The number of carbonyl (C=O) groups excluding carboxylic acids is 4. The topological polar surface area (TPSA) is 203 Å². The molecule has 42 heavy (non-hydrogen) atoms. The largest absolute Gasteiger partial charge is 0.508 e. The van der Waals surface area contributed by atoms with E-state index < -0.39 is 71.6 Å². The molecule has 0 bridgehead atoms. The summed E-state index contributed by atoms with van der Waals surface area (Å²) >= 11 is 0. The number of ketones is 2. The lowest BCUT2D eigenvalue weighted by atomic mass is 9.61. The number of ether oxygens (including phenoxy) is 1. The number of carbonyl (C=O) groups is 4. The van der Waals surface area contributed by atoms with Crippen LogP contribution in [0.3, 0.4) is 0 Å². The van der Waals surface area contributed by atoms with Gasteiger partial charge in [-0.15, -0.1) is 6.58 Å². The summed E-state index contributed by atoms with van der Waals surface area (Å²) in [5, 5.41) is 47.2. The van der Waals surface area contributed by atoms with Gasteiger partial charge in [0.15, 0.2) is 17.2 Å². The Bertz CT molecular complexity index is 1310. The number of phenolic OH excluding ortho intramolecular Hbond substituents is 1. The van der Waals surface area contributed by atoms with Crippen molar-refractivity contribution < 1.29 is 44.3 Å². The molecule has 1 aromatic rings. The van der Waals surface area contributed by atoms with Crippen molar-refractivity contribution >= 4 is 29.3 Å². The molecule has 7 N–H and O–H groups in total. The average Bonchev–Trinajstić information content (AvgIpc) is 2.90. The van der Waals surface area contributed by atoms with E-state index in [2.05, 4.69) is 11.9 Å². The molecule has 13 heteroatoms. The number of aromatic hydroxyl groups is 1. The van der Waals surface area contributed by atoms with E-state index in [0.29, 0.717) is 17.7 Å². The van der Waals surface area contributed by atoms with Crippen LogP contribution < -0.4 is 16.0 Å². The lowest BCUT2D eigenvalue weighted by Crippen LogP contribution is -2.60. The molecular weight excluding hydrogens is 548 g/mol. The van der Waals surface area contributed by atoms with Crippen molar-refractivity contribution in [1.82, 2.24) is 10.2 Å². The third-order valence-corrected chi connectivity index (χ3v) is 8.02. The summed E-state index contributed by atoms with van der Waals surface area (Å²) in [5.74, 6) is -6.08. The average molecular weight is 589 g/mol. The van der Waals surface area contributed by atoms with Crippen LogP contribution in [0.25, 0.3) is 0 Å². The van der Waals surface area contributed by atoms with E-state index in [4.69, 9.17) is 10.5 Å². The molecule has 2 aliphatic carbocycles. The normalized spacial score (nSPS) is 22.2. The third-order valence-electron chi connectivity index (χ3n) is 8.02. The predicted octanol–water partition coefficient (Wildman–Crippen LogP) is 0.546. The first-order valence-corrected chi connectivity index (χ1v) is 13.6. The van der Waals surface area contributed by atoms with Crippen LogP contribution in [0, 0.1) is 11.8 Å². The number of Topliss-reactive ketones (excluding diaryl/α,β-unsaturated/α-hetero) is 2. The highest BCUT2D eigenvalue weighted by molar-refractivity contribution is 6.15. The number of hydrogen-bond acceptors (Lipinski definition) is 11. The maximum atomic E-state index is 14.0. The van der Waals surface area contributed by atoms with Crippen molar-refractivity contribution in [2.24, 2.45) is 17.6 Å². The third kappa shape index (κ3) is 5.98. The van der Waals surface area contributed by atoms with Crippen molar-refractivity contribution in [2.45, 2.75) is 43.9 Å². The maximum Gasteiger partial charge on any atom is 0.407 e. The minimum absolute atomic E-state index is 0.00245. The van der Waals surface area contributed by atoms with Gasteiger partial charge < -0.3 is 46.0 Å². The number of fused-ring (bicyclic) bond motifs is 2. The number of aliphatic hydroxyl groups is 3. The van der Waals surface area contributed by atoms with Crippen LogP contribution in [-0.2, 0) is 27.3 Å². The smallest absolute Gasteiger partial charge is 0.407 e. The van der Waals surface area contributed by atoms with Crippen LogP contribution in [-0.4, -0.2) is 102 Å². The Balaban J connectivity index is 2.16. The molecule has 0 radical (unpaired) electrons. The number of nitrogens with one attached hydrogen (secondary N) is 1. The van der Waals surface area contributed by atoms with E-state index >= 15 is 0 Å². The molecule has 2 amide bonds. The van der Waals surface area contributed by atoms with Crippen molar-refractivity contribution in [3.63, 3.8) is 0 Å². The van der Waals surface area contributed by atoms with Gasteiger partial charge in [-0.25, -0.2) is 4.79 Å². The van der Waals surface area contributed by atoms with E-state index in [9.17, 15) is 39.6 Å². The van der Waals surface area contributed by atoms with E-state index in [-0.39, 0.29) is 42.7 Å². The van der Waals surface area contributed by atoms with Gasteiger partial charge in [0.1, 0.15) is 11.5 Å². The predicted molar refractivity (Wildman–Crippen MR) is 153 cm³/mol. The summed E-state index contributed by atoms with van der Waals surface area (Å²) in [5.41, 5.74) is 3.41. The molecule has 0 fully saturated rings. The number of allylic oxidation sites excluding steroid dienone is 1. The Labute approximate surface area is 244 Å². The Morgan fingerprint density at radius 1 is 1.26 bits per heavy atom. The van der Waals surface area contributed by atoms with Gasteiger partial charge in [-0.2, -0.15) is 0 Å². The van der Waals surface area contributed by atoms with E-state index in [0.717, 1.165) is 0 Å². The Morgan fingerprint density at radius 3 is 2.48 bits per heavy atom. The number of primary amides is 1. The molecule has 0 saturated heterocycles. The lowest BCUT2D eigenvalue weighted by molar-refractivity contribution is -0.151. The fourth-order valence-corrected chi connectivity index (χ4v) is 5.94. The minimum Gasteiger partial charge on any atom is -0.508 e. The van der Waals surface area contributed by atoms with Gasteiger partial charge in [0.2, 0.25) is 5.91 Å². The zero-order chi connectivity index (χ0) is 31.5. The van der Waals surface area contributed by atoms with Gasteiger partial charge >= 0.3 is 6.09 Å². The molecule has 13 nitrogen and oxygen atoms in total. The second-order valence-electron chi connectivity index (χ2n) is 11.1. The van der Waals surface area contributed by atoms with E-state index in [1.807, 2.05) is 0 Å². The number of phenols is 1. The molecular formula is C29H40N4O9. The fourth-order valence-electron chi connectivity index (χ4n) is 5.94. The standard InChI is InChI=1S/C29H40N4O9/c1-6-7-8-42-28(40)31-13-16-11-19(32(2)3)17-9-15-10-18(20(14-34)33(4)5)29(41,21(35)12-22(30)36)27(39)23(15)26(38)24(17)25(16)37/h6,11,15,18,20,34,37,39,41H,1,7-10,12-14H2,2-5H3,(H2,30,36)(H,31,40)/t15-,18-,20+,29+/m0/s1. The number of anilines is 1. The zero-order valence-electron chi connectivity index (χ0n) is 24.3. The lowest BCUT2D eigenvalue weighted by Gasteiger charge is -2.47.